The number of allylic oxidation sites excluding steroid dienone is 1. The Bertz CT molecular complexity index is 110. The fraction of sp³-hybridized carbons (Fsp3) is 0.714. The second kappa shape index (κ2) is 3.48. The average molecular weight is 165 g/mol. The fourth-order valence-corrected chi connectivity index (χ4v) is 1.16. The van der Waals surface area contributed by atoms with E-state index < -0.39 is 0 Å². The van der Waals surface area contributed by atoms with Crippen molar-refractivity contribution in [2.24, 2.45) is 5.92 Å². The summed E-state index contributed by atoms with van der Waals surface area (Å²) in [6, 6.07) is 0. The highest BCUT2D eigenvalue weighted by atomic mass is 35.5. The molecule has 52 valence electrons. The molecule has 0 radical (unpaired) electrons. The Morgan fingerprint density at radius 3 is 2.44 bits per heavy atom. The molecular formula is C7H10Cl2. The third-order valence-corrected chi connectivity index (χ3v) is 2.14. The first-order chi connectivity index (χ1) is 4.29. The van der Waals surface area contributed by atoms with E-state index in [9.17, 15) is 0 Å². The molecule has 0 N–H and O–H groups in total. The molecule has 0 atom stereocenters. The van der Waals surface area contributed by atoms with Gasteiger partial charge in [0.05, 0.1) is 0 Å². The van der Waals surface area contributed by atoms with Gasteiger partial charge in [0.2, 0.25) is 0 Å². The zero-order valence-electron chi connectivity index (χ0n) is 5.24. The normalized spacial score (nSPS) is 18.9. The molecule has 0 spiro atoms. The summed E-state index contributed by atoms with van der Waals surface area (Å²) in [5.74, 6) is 0.873. The SMILES string of the molecule is ClC(Cl)=CCC1CCC1. The molecule has 1 fully saturated rings. The van der Waals surface area contributed by atoms with Crippen LogP contribution in [0.25, 0.3) is 0 Å². The number of hydrogen-bond acceptors (Lipinski definition) is 0. The lowest BCUT2D eigenvalue weighted by molar-refractivity contribution is 0.319. The van der Waals surface area contributed by atoms with Crippen LogP contribution in [0, 0.1) is 5.92 Å². The van der Waals surface area contributed by atoms with Crippen molar-refractivity contribution in [3.05, 3.63) is 10.6 Å². The van der Waals surface area contributed by atoms with Crippen LogP contribution >= 0.6 is 23.2 Å². The fourth-order valence-electron chi connectivity index (χ4n) is 0.984. The minimum absolute atomic E-state index is 0.418. The largest absolute Gasteiger partial charge is 0.102 e. The summed E-state index contributed by atoms with van der Waals surface area (Å²) in [7, 11) is 0. The Labute approximate surface area is 65.8 Å². The summed E-state index contributed by atoms with van der Waals surface area (Å²) in [6.07, 6.45) is 7.07. The van der Waals surface area contributed by atoms with Crippen molar-refractivity contribution in [2.45, 2.75) is 25.7 Å². The van der Waals surface area contributed by atoms with Gasteiger partial charge in [0, 0.05) is 0 Å². The summed E-state index contributed by atoms with van der Waals surface area (Å²) in [4.78, 5) is 0. The van der Waals surface area contributed by atoms with E-state index in [1.54, 1.807) is 0 Å². The smallest absolute Gasteiger partial charge is 0.0712 e. The lowest BCUT2D eigenvalue weighted by Gasteiger charge is -2.23. The first kappa shape index (κ1) is 7.43. The van der Waals surface area contributed by atoms with Crippen LogP contribution in [-0.2, 0) is 0 Å². The number of rotatable bonds is 2. The molecule has 0 heterocycles. The van der Waals surface area contributed by atoms with Crippen LogP contribution in [0.3, 0.4) is 0 Å². The van der Waals surface area contributed by atoms with Gasteiger partial charge in [-0.25, -0.2) is 0 Å². The van der Waals surface area contributed by atoms with E-state index in [-0.39, 0.29) is 0 Å². The summed E-state index contributed by atoms with van der Waals surface area (Å²) in [6.45, 7) is 0. The molecule has 0 unspecified atom stereocenters. The van der Waals surface area contributed by atoms with Crippen LogP contribution in [0.15, 0.2) is 10.6 Å². The Balaban J connectivity index is 2.10. The maximum Gasteiger partial charge on any atom is 0.102 e. The Hall–Kier alpha value is 0.320. The molecule has 0 nitrogen and oxygen atoms in total. The van der Waals surface area contributed by atoms with Crippen molar-refractivity contribution in [3.63, 3.8) is 0 Å². The quantitative estimate of drug-likeness (QED) is 0.587. The Morgan fingerprint density at radius 2 is 2.11 bits per heavy atom. The van der Waals surface area contributed by atoms with E-state index in [1.165, 1.54) is 19.3 Å². The van der Waals surface area contributed by atoms with Crippen LogP contribution in [0.5, 0.6) is 0 Å². The number of hydrogen-bond donors (Lipinski definition) is 0. The topological polar surface area (TPSA) is 0 Å². The van der Waals surface area contributed by atoms with E-state index >= 15 is 0 Å². The summed E-state index contributed by atoms with van der Waals surface area (Å²) < 4.78 is 0.418. The maximum absolute atomic E-state index is 5.43. The van der Waals surface area contributed by atoms with E-state index in [0.717, 1.165) is 12.3 Å². The maximum atomic E-state index is 5.43. The molecule has 1 rings (SSSR count). The van der Waals surface area contributed by atoms with Gasteiger partial charge in [0.15, 0.2) is 0 Å². The van der Waals surface area contributed by atoms with Gasteiger partial charge in [0.1, 0.15) is 4.49 Å². The molecule has 9 heavy (non-hydrogen) atoms. The Kier molecular flexibility index (Phi) is 2.87. The minimum atomic E-state index is 0.418. The first-order valence-electron chi connectivity index (χ1n) is 3.30. The Morgan fingerprint density at radius 1 is 1.44 bits per heavy atom. The molecule has 1 aliphatic carbocycles. The zero-order valence-corrected chi connectivity index (χ0v) is 6.75. The standard InChI is InChI=1S/C7H10Cl2/c8-7(9)5-4-6-2-1-3-6/h5-6H,1-4H2. The van der Waals surface area contributed by atoms with Crippen LogP contribution in [0.2, 0.25) is 0 Å². The van der Waals surface area contributed by atoms with Crippen molar-refractivity contribution in [3.8, 4) is 0 Å². The van der Waals surface area contributed by atoms with Gasteiger partial charge >= 0.3 is 0 Å². The van der Waals surface area contributed by atoms with E-state index in [0.29, 0.717) is 4.49 Å². The molecule has 0 aromatic heterocycles. The van der Waals surface area contributed by atoms with Gasteiger partial charge in [-0.15, -0.1) is 0 Å². The van der Waals surface area contributed by atoms with Crippen LogP contribution in [0.4, 0.5) is 0 Å². The van der Waals surface area contributed by atoms with Gasteiger partial charge in [0.25, 0.3) is 0 Å². The second-order valence-electron chi connectivity index (χ2n) is 2.53. The third kappa shape index (κ3) is 2.59. The lowest BCUT2D eigenvalue weighted by atomic mass is 9.83. The molecule has 1 aliphatic rings. The molecule has 0 amide bonds. The van der Waals surface area contributed by atoms with Crippen LogP contribution < -0.4 is 0 Å². The monoisotopic (exact) mass is 164 g/mol. The molecule has 1 saturated carbocycles. The van der Waals surface area contributed by atoms with Gasteiger partial charge in [-0.05, 0) is 12.3 Å². The highest BCUT2D eigenvalue weighted by Crippen LogP contribution is 2.30. The minimum Gasteiger partial charge on any atom is -0.0712 e. The zero-order chi connectivity index (χ0) is 6.69. The van der Waals surface area contributed by atoms with E-state index in [2.05, 4.69) is 0 Å². The van der Waals surface area contributed by atoms with Crippen molar-refractivity contribution < 1.29 is 0 Å². The molecule has 0 aromatic carbocycles. The van der Waals surface area contributed by atoms with E-state index in [1.807, 2.05) is 6.08 Å². The predicted octanol–water partition coefficient (Wildman–Crippen LogP) is 3.50. The second-order valence-corrected chi connectivity index (χ2v) is 3.53. The third-order valence-electron chi connectivity index (χ3n) is 1.83. The van der Waals surface area contributed by atoms with Crippen LogP contribution in [0.1, 0.15) is 25.7 Å². The molecule has 0 aromatic rings. The number of halogens is 2. The van der Waals surface area contributed by atoms with Gasteiger partial charge in [-0.3, -0.25) is 0 Å². The van der Waals surface area contributed by atoms with E-state index in [4.69, 9.17) is 23.2 Å². The highest BCUT2D eigenvalue weighted by Gasteiger charge is 2.15. The van der Waals surface area contributed by atoms with Crippen molar-refractivity contribution in [1.82, 2.24) is 0 Å². The average Bonchev–Trinajstić information content (AvgIpc) is 1.60. The molecule has 2 heteroatoms. The van der Waals surface area contributed by atoms with Crippen molar-refractivity contribution in [2.75, 3.05) is 0 Å². The summed E-state index contributed by atoms with van der Waals surface area (Å²) in [5, 5.41) is 0. The molecule has 0 bridgehead atoms. The molecular weight excluding hydrogens is 155 g/mol. The summed E-state index contributed by atoms with van der Waals surface area (Å²) >= 11 is 10.9. The highest BCUT2D eigenvalue weighted by molar-refractivity contribution is 6.55. The lowest BCUT2D eigenvalue weighted by Crippen LogP contribution is -2.08. The van der Waals surface area contributed by atoms with Crippen molar-refractivity contribution >= 4 is 23.2 Å². The first-order valence-corrected chi connectivity index (χ1v) is 4.06. The van der Waals surface area contributed by atoms with Crippen molar-refractivity contribution in [1.29, 1.82) is 0 Å². The van der Waals surface area contributed by atoms with Crippen LogP contribution in [-0.4, -0.2) is 0 Å². The molecule has 0 aliphatic heterocycles. The molecule has 0 saturated heterocycles. The predicted molar refractivity (Wildman–Crippen MR) is 41.7 cm³/mol. The van der Waals surface area contributed by atoms with Gasteiger partial charge in [-0.2, -0.15) is 0 Å². The van der Waals surface area contributed by atoms with Gasteiger partial charge < -0.3 is 0 Å². The summed E-state index contributed by atoms with van der Waals surface area (Å²) in [5.41, 5.74) is 0. The van der Waals surface area contributed by atoms with Gasteiger partial charge in [-0.1, -0.05) is 48.5 Å².